The highest BCUT2D eigenvalue weighted by molar-refractivity contribution is 5.89. The fourth-order valence-electron chi connectivity index (χ4n) is 5.15. The number of aryl methyl sites for hydroxylation is 1. The summed E-state index contributed by atoms with van der Waals surface area (Å²) in [6.45, 7) is 3.43. The summed E-state index contributed by atoms with van der Waals surface area (Å²) in [5.41, 5.74) is 5.42. The molecule has 0 spiro atoms. The molecule has 0 amide bonds. The Labute approximate surface area is 190 Å². The zero-order valence-electron chi connectivity index (χ0n) is 18.3. The van der Waals surface area contributed by atoms with E-state index in [4.69, 9.17) is 10.1 Å². The van der Waals surface area contributed by atoms with Gasteiger partial charge in [0.1, 0.15) is 23.8 Å². The van der Waals surface area contributed by atoms with Crippen LogP contribution in [0.15, 0.2) is 42.9 Å². The molecule has 3 aliphatic rings. The van der Waals surface area contributed by atoms with Gasteiger partial charge in [-0.15, -0.1) is 0 Å². The average molecular weight is 442 g/mol. The van der Waals surface area contributed by atoms with Crippen molar-refractivity contribution in [2.24, 2.45) is 0 Å². The number of anilines is 3. The van der Waals surface area contributed by atoms with Crippen LogP contribution in [0.4, 0.5) is 21.7 Å². The number of pyridine rings is 1. The Balaban J connectivity index is 1.23. The quantitative estimate of drug-likeness (QED) is 0.471. The van der Waals surface area contributed by atoms with E-state index in [1.165, 1.54) is 42.0 Å². The Morgan fingerprint density at radius 2 is 1.91 bits per heavy atom. The van der Waals surface area contributed by atoms with Crippen LogP contribution in [0.2, 0.25) is 0 Å². The first-order valence-corrected chi connectivity index (χ1v) is 11.7. The van der Waals surface area contributed by atoms with Gasteiger partial charge in [-0.3, -0.25) is 4.98 Å². The standard InChI is InChI=1S/C25H24FN7/c26-18-4-5-22-20(11-18)25(29-15-28-22)31-9-6-21-17(14-31)10-19(13-27-21)32-7-1-8-33-24(32)12-23(30-33)16-2-3-16/h4-5,10-13,15-16H,1-3,6-9,14H2. The van der Waals surface area contributed by atoms with E-state index in [1.807, 2.05) is 6.20 Å². The van der Waals surface area contributed by atoms with Gasteiger partial charge in [-0.2, -0.15) is 5.10 Å². The lowest BCUT2D eigenvalue weighted by molar-refractivity contribution is 0.537. The highest BCUT2D eigenvalue weighted by atomic mass is 19.1. The molecule has 5 heterocycles. The van der Waals surface area contributed by atoms with Crippen LogP contribution in [0, 0.1) is 5.82 Å². The minimum absolute atomic E-state index is 0.271. The molecule has 1 fully saturated rings. The summed E-state index contributed by atoms with van der Waals surface area (Å²) in [6, 6.07) is 9.21. The van der Waals surface area contributed by atoms with Crippen molar-refractivity contribution in [1.29, 1.82) is 0 Å². The van der Waals surface area contributed by atoms with Gasteiger partial charge in [-0.05, 0) is 49.1 Å². The van der Waals surface area contributed by atoms with E-state index in [2.05, 4.69) is 36.6 Å². The smallest absolute Gasteiger partial charge is 0.140 e. The molecule has 0 bridgehead atoms. The predicted molar refractivity (Wildman–Crippen MR) is 124 cm³/mol. The van der Waals surface area contributed by atoms with Crippen molar-refractivity contribution in [1.82, 2.24) is 24.7 Å². The van der Waals surface area contributed by atoms with Crippen LogP contribution in [0.25, 0.3) is 10.9 Å². The third-order valence-electron chi connectivity index (χ3n) is 7.01. The number of halogens is 1. The molecule has 1 saturated carbocycles. The van der Waals surface area contributed by atoms with Crippen molar-refractivity contribution in [2.75, 3.05) is 22.9 Å². The van der Waals surface area contributed by atoms with Crippen molar-refractivity contribution >= 4 is 28.2 Å². The van der Waals surface area contributed by atoms with Crippen molar-refractivity contribution < 1.29 is 4.39 Å². The van der Waals surface area contributed by atoms with E-state index in [-0.39, 0.29) is 5.82 Å². The van der Waals surface area contributed by atoms with E-state index >= 15 is 0 Å². The molecule has 7 rings (SSSR count). The summed E-state index contributed by atoms with van der Waals surface area (Å²) in [6.07, 6.45) is 7.98. The number of hydrogen-bond acceptors (Lipinski definition) is 6. The molecule has 0 unspecified atom stereocenters. The number of hydrogen-bond donors (Lipinski definition) is 0. The average Bonchev–Trinajstić information content (AvgIpc) is 3.61. The van der Waals surface area contributed by atoms with E-state index in [9.17, 15) is 4.39 Å². The molecule has 8 heteroatoms. The minimum atomic E-state index is -0.271. The maximum atomic E-state index is 14.0. The number of nitrogens with zero attached hydrogens (tertiary/aromatic N) is 7. The van der Waals surface area contributed by atoms with Crippen LogP contribution in [-0.4, -0.2) is 37.8 Å². The second-order valence-electron chi connectivity index (χ2n) is 9.26. The first-order chi connectivity index (χ1) is 16.2. The van der Waals surface area contributed by atoms with Crippen LogP contribution < -0.4 is 9.80 Å². The highest BCUT2D eigenvalue weighted by Crippen LogP contribution is 2.42. The van der Waals surface area contributed by atoms with Crippen molar-refractivity contribution in [3.63, 3.8) is 0 Å². The first-order valence-electron chi connectivity index (χ1n) is 11.7. The van der Waals surface area contributed by atoms with Crippen LogP contribution in [0.3, 0.4) is 0 Å². The summed E-state index contributed by atoms with van der Waals surface area (Å²) < 4.78 is 16.1. The maximum Gasteiger partial charge on any atom is 0.140 e. The van der Waals surface area contributed by atoms with Crippen LogP contribution >= 0.6 is 0 Å². The highest BCUT2D eigenvalue weighted by Gasteiger charge is 2.30. The number of fused-ring (bicyclic) bond motifs is 3. The zero-order valence-corrected chi connectivity index (χ0v) is 18.3. The SMILES string of the molecule is Fc1ccc2ncnc(N3CCc4ncc(N5CCCn6nc(C7CC7)cc65)cc4C3)c2c1. The summed E-state index contributed by atoms with van der Waals surface area (Å²) >= 11 is 0. The van der Waals surface area contributed by atoms with Crippen LogP contribution in [0.5, 0.6) is 0 Å². The van der Waals surface area contributed by atoms with Crippen molar-refractivity contribution in [3.8, 4) is 0 Å². The van der Waals surface area contributed by atoms with Crippen molar-refractivity contribution in [3.05, 3.63) is 65.6 Å². The molecule has 1 aromatic carbocycles. The van der Waals surface area contributed by atoms with Gasteiger partial charge in [0.25, 0.3) is 0 Å². The minimum Gasteiger partial charge on any atom is -0.351 e. The normalized spacial score (nSPS) is 17.8. The second-order valence-corrected chi connectivity index (χ2v) is 9.26. The molecule has 7 nitrogen and oxygen atoms in total. The Bertz CT molecular complexity index is 1380. The maximum absolute atomic E-state index is 14.0. The Kier molecular flexibility index (Phi) is 4.16. The molecule has 0 radical (unpaired) electrons. The van der Waals surface area contributed by atoms with Crippen LogP contribution in [-0.2, 0) is 19.5 Å². The Morgan fingerprint density at radius 3 is 2.82 bits per heavy atom. The lowest BCUT2D eigenvalue weighted by atomic mass is 10.0. The second kappa shape index (κ2) is 7.23. The van der Waals surface area contributed by atoms with Gasteiger partial charge in [-0.25, -0.2) is 19.0 Å². The Hall–Kier alpha value is -3.55. The topological polar surface area (TPSA) is 63.0 Å². The summed E-state index contributed by atoms with van der Waals surface area (Å²) in [4.78, 5) is 18.2. The van der Waals surface area contributed by atoms with Gasteiger partial charge in [-0.1, -0.05) is 0 Å². The van der Waals surface area contributed by atoms with Gasteiger partial charge in [0, 0.05) is 55.7 Å². The fourth-order valence-corrected chi connectivity index (χ4v) is 5.15. The molecule has 2 aliphatic heterocycles. The predicted octanol–water partition coefficient (Wildman–Crippen LogP) is 4.34. The molecule has 4 aromatic rings. The number of aromatic nitrogens is 5. The monoisotopic (exact) mass is 441 g/mol. The summed E-state index contributed by atoms with van der Waals surface area (Å²) in [5.74, 6) is 2.33. The molecule has 0 atom stereocenters. The third kappa shape index (κ3) is 3.23. The molecular formula is C25H24FN7. The first kappa shape index (κ1) is 19.0. The van der Waals surface area contributed by atoms with E-state index in [0.29, 0.717) is 12.5 Å². The molecule has 33 heavy (non-hydrogen) atoms. The van der Waals surface area contributed by atoms with E-state index < -0.39 is 0 Å². The molecule has 3 aromatic heterocycles. The molecule has 0 saturated heterocycles. The molecule has 166 valence electrons. The fraction of sp³-hybridized carbons (Fsp3) is 0.360. The number of benzene rings is 1. The van der Waals surface area contributed by atoms with E-state index in [1.54, 1.807) is 12.4 Å². The third-order valence-corrected chi connectivity index (χ3v) is 7.01. The molecule has 1 aliphatic carbocycles. The van der Waals surface area contributed by atoms with Gasteiger partial charge >= 0.3 is 0 Å². The lowest BCUT2D eigenvalue weighted by Crippen LogP contribution is -2.33. The zero-order chi connectivity index (χ0) is 21.9. The summed E-state index contributed by atoms with van der Waals surface area (Å²) in [7, 11) is 0. The largest absolute Gasteiger partial charge is 0.351 e. The molecule has 0 N–H and O–H groups in total. The van der Waals surface area contributed by atoms with Crippen molar-refractivity contribution in [2.45, 2.75) is 44.7 Å². The van der Waals surface area contributed by atoms with Crippen LogP contribution in [0.1, 0.15) is 42.1 Å². The van der Waals surface area contributed by atoms with Gasteiger partial charge in [0.05, 0.1) is 23.1 Å². The Morgan fingerprint density at radius 1 is 0.970 bits per heavy atom. The lowest BCUT2D eigenvalue weighted by Gasteiger charge is -2.32. The van der Waals surface area contributed by atoms with Gasteiger partial charge in [0.15, 0.2) is 0 Å². The van der Waals surface area contributed by atoms with Gasteiger partial charge < -0.3 is 9.80 Å². The number of rotatable bonds is 3. The van der Waals surface area contributed by atoms with Gasteiger partial charge in [0.2, 0.25) is 0 Å². The van der Waals surface area contributed by atoms with E-state index in [0.717, 1.165) is 60.6 Å². The summed E-state index contributed by atoms with van der Waals surface area (Å²) in [5, 5.41) is 5.61. The molecular weight excluding hydrogens is 417 g/mol.